The Bertz CT molecular complexity index is 511. The number of allylic oxidation sites excluding steroid dienone is 1. The van der Waals surface area contributed by atoms with Gasteiger partial charge < -0.3 is 0 Å². The van der Waals surface area contributed by atoms with Gasteiger partial charge >= 0.3 is 0 Å². The molecule has 0 radical (unpaired) electrons. The summed E-state index contributed by atoms with van der Waals surface area (Å²) < 4.78 is 2.94. The number of benzene rings is 1. The van der Waals surface area contributed by atoms with E-state index in [0.717, 1.165) is 26.6 Å². The van der Waals surface area contributed by atoms with Crippen LogP contribution in [0.4, 0.5) is 0 Å². The van der Waals surface area contributed by atoms with Crippen LogP contribution < -0.4 is 0 Å². The molecule has 2 aromatic rings. The average Bonchev–Trinajstić information content (AvgIpc) is 2.42. The molecule has 0 amide bonds. The Hall–Kier alpha value is -1.09. The summed E-state index contributed by atoms with van der Waals surface area (Å²) in [5.74, 6) is 0. The zero-order chi connectivity index (χ0) is 10.3. The first-order chi connectivity index (χ1) is 6.61. The maximum atomic E-state index is 4.42. The Labute approximate surface area is 91.4 Å². The number of nitrogens with zero attached hydrogens (tertiary/aromatic N) is 2. The molecule has 1 aromatic carbocycles. The molecule has 0 aliphatic rings. The van der Waals surface area contributed by atoms with Crippen LogP contribution in [0.1, 0.15) is 12.6 Å². The highest BCUT2D eigenvalue weighted by atomic mass is 79.9. The fourth-order valence-corrected chi connectivity index (χ4v) is 2.24. The molecule has 0 bridgehead atoms. The van der Waals surface area contributed by atoms with Crippen LogP contribution in [0.15, 0.2) is 29.3 Å². The van der Waals surface area contributed by atoms with E-state index in [0.29, 0.717) is 0 Å². The van der Waals surface area contributed by atoms with Crippen molar-refractivity contribution in [1.82, 2.24) is 9.78 Å². The van der Waals surface area contributed by atoms with Gasteiger partial charge in [0.05, 0.1) is 11.2 Å². The lowest BCUT2D eigenvalue weighted by Gasteiger charge is -2.01. The first kappa shape index (κ1) is 9.46. The number of aryl methyl sites for hydroxylation is 1. The molecule has 0 N–H and O–H groups in total. The van der Waals surface area contributed by atoms with E-state index in [2.05, 4.69) is 27.6 Å². The highest BCUT2D eigenvalue weighted by molar-refractivity contribution is 9.10. The van der Waals surface area contributed by atoms with Crippen LogP contribution in [-0.4, -0.2) is 9.78 Å². The maximum absolute atomic E-state index is 4.42. The number of rotatable bonds is 1. The van der Waals surface area contributed by atoms with Gasteiger partial charge in [-0.25, -0.2) is 0 Å². The molecule has 0 fully saturated rings. The summed E-state index contributed by atoms with van der Waals surface area (Å²) in [4.78, 5) is 0. The lowest BCUT2D eigenvalue weighted by Crippen LogP contribution is -1.94. The van der Waals surface area contributed by atoms with Crippen LogP contribution in [0.2, 0.25) is 0 Å². The number of hydrogen-bond donors (Lipinski definition) is 0. The van der Waals surface area contributed by atoms with Gasteiger partial charge in [-0.05, 0) is 24.6 Å². The standard InChI is InChI=1S/C11H11BrN2/c1-7(2)11-10-8(12)5-4-6-9(10)13-14(11)3/h4-6H,1H2,2-3H3. The minimum absolute atomic E-state index is 1.000. The summed E-state index contributed by atoms with van der Waals surface area (Å²) in [6, 6.07) is 6.02. The van der Waals surface area contributed by atoms with Crippen molar-refractivity contribution in [2.75, 3.05) is 0 Å². The lowest BCUT2D eigenvalue weighted by atomic mass is 10.1. The second-order valence-corrected chi connectivity index (χ2v) is 4.24. The van der Waals surface area contributed by atoms with Crippen molar-refractivity contribution in [3.63, 3.8) is 0 Å². The molecular formula is C11H11BrN2. The van der Waals surface area contributed by atoms with E-state index in [1.807, 2.05) is 36.9 Å². The summed E-state index contributed by atoms with van der Waals surface area (Å²) >= 11 is 3.53. The summed E-state index contributed by atoms with van der Waals surface area (Å²) in [5.41, 5.74) is 3.12. The predicted octanol–water partition coefficient (Wildman–Crippen LogP) is 3.37. The SMILES string of the molecule is C=C(C)c1c2c(Br)cccc2nn1C. The van der Waals surface area contributed by atoms with Gasteiger partial charge in [0.2, 0.25) is 0 Å². The van der Waals surface area contributed by atoms with Gasteiger partial charge in [-0.2, -0.15) is 5.10 Å². The van der Waals surface area contributed by atoms with Gasteiger partial charge in [-0.1, -0.05) is 28.6 Å². The monoisotopic (exact) mass is 250 g/mol. The quantitative estimate of drug-likeness (QED) is 0.759. The second kappa shape index (κ2) is 3.24. The molecule has 0 spiro atoms. The van der Waals surface area contributed by atoms with Crippen molar-refractivity contribution in [1.29, 1.82) is 0 Å². The van der Waals surface area contributed by atoms with Crippen molar-refractivity contribution in [2.45, 2.75) is 6.92 Å². The molecule has 72 valence electrons. The van der Waals surface area contributed by atoms with Gasteiger partial charge in [-0.3, -0.25) is 4.68 Å². The molecular weight excluding hydrogens is 240 g/mol. The normalized spacial score (nSPS) is 10.8. The molecule has 2 nitrogen and oxygen atoms in total. The van der Waals surface area contributed by atoms with E-state index < -0.39 is 0 Å². The van der Waals surface area contributed by atoms with Crippen LogP contribution in [0.25, 0.3) is 16.5 Å². The first-order valence-corrected chi connectivity index (χ1v) is 5.17. The van der Waals surface area contributed by atoms with Crippen molar-refractivity contribution in [3.05, 3.63) is 34.9 Å². The van der Waals surface area contributed by atoms with Crippen LogP contribution in [0.5, 0.6) is 0 Å². The Morgan fingerprint density at radius 1 is 1.50 bits per heavy atom. The highest BCUT2D eigenvalue weighted by Crippen LogP contribution is 2.29. The zero-order valence-corrected chi connectivity index (χ0v) is 9.80. The first-order valence-electron chi connectivity index (χ1n) is 4.38. The Morgan fingerprint density at radius 2 is 2.21 bits per heavy atom. The molecule has 14 heavy (non-hydrogen) atoms. The van der Waals surface area contributed by atoms with Crippen molar-refractivity contribution >= 4 is 32.4 Å². The van der Waals surface area contributed by atoms with Gasteiger partial charge in [0.25, 0.3) is 0 Å². The third-order valence-electron chi connectivity index (χ3n) is 2.21. The molecule has 1 aromatic heterocycles. The Morgan fingerprint density at radius 3 is 2.86 bits per heavy atom. The van der Waals surface area contributed by atoms with E-state index in [9.17, 15) is 0 Å². The molecule has 0 atom stereocenters. The zero-order valence-electron chi connectivity index (χ0n) is 8.21. The molecule has 2 rings (SSSR count). The smallest absolute Gasteiger partial charge is 0.0941 e. The second-order valence-electron chi connectivity index (χ2n) is 3.39. The van der Waals surface area contributed by atoms with Crippen LogP contribution in [0, 0.1) is 0 Å². The summed E-state index contributed by atoms with van der Waals surface area (Å²) in [7, 11) is 1.94. The molecule has 0 saturated heterocycles. The minimum atomic E-state index is 1.000. The van der Waals surface area contributed by atoms with E-state index in [1.165, 1.54) is 0 Å². The van der Waals surface area contributed by atoms with Crippen molar-refractivity contribution in [2.24, 2.45) is 7.05 Å². The van der Waals surface area contributed by atoms with Gasteiger partial charge in [0, 0.05) is 16.9 Å². The number of fused-ring (bicyclic) bond motifs is 1. The molecule has 0 saturated carbocycles. The fraction of sp³-hybridized carbons (Fsp3) is 0.182. The van der Waals surface area contributed by atoms with Crippen molar-refractivity contribution in [3.8, 4) is 0 Å². The third kappa shape index (κ3) is 1.28. The maximum Gasteiger partial charge on any atom is 0.0941 e. The summed E-state index contributed by atoms with van der Waals surface area (Å²) in [5, 5.41) is 5.56. The average molecular weight is 251 g/mol. The lowest BCUT2D eigenvalue weighted by molar-refractivity contribution is 0.767. The fourth-order valence-electron chi connectivity index (χ4n) is 1.69. The van der Waals surface area contributed by atoms with Crippen LogP contribution >= 0.6 is 15.9 Å². The molecule has 0 unspecified atom stereocenters. The Balaban J connectivity index is 2.93. The van der Waals surface area contributed by atoms with E-state index in [4.69, 9.17) is 0 Å². The number of halogens is 1. The van der Waals surface area contributed by atoms with Gasteiger partial charge in [-0.15, -0.1) is 0 Å². The van der Waals surface area contributed by atoms with Crippen LogP contribution in [0.3, 0.4) is 0 Å². The van der Waals surface area contributed by atoms with Gasteiger partial charge in [0.15, 0.2) is 0 Å². The highest BCUT2D eigenvalue weighted by Gasteiger charge is 2.11. The topological polar surface area (TPSA) is 17.8 Å². The van der Waals surface area contributed by atoms with Crippen molar-refractivity contribution < 1.29 is 0 Å². The Kier molecular flexibility index (Phi) is 2.19. The predicted molar refractivity (Wildman–Crippen MR) is 63.1 cm³/mol. The molecule has 0 aliphatic carbocycles. The number of aromatic nitrogens is 2. The van der Waals surface area contributed by atoms with Crippen LogP contribution in [-0.2, 0) is 7.05 Å². The van der Waals surface area contributed by atoms with E-state index >= 15 is 0 Å². The molecule has 0 aliphatic heterocycles. The van der Waals surface area contributed by atoms with E-state index in [-0.39, 0.29) is 0 Å². The summed E-state index contributed by atoms with van der Waals surface area (Å²) in [6.45, 7) is 5.96. The number of hydrogen-bond acceptors (Lipinski definition) is 1. The third-order valence-corrected chi connectivity index (χ3v) is 2.87. The largest absolute Gasteiger partial charge is 0.267 e. The van der Waals surface area contributed by atoms with Gasteiger partial charge in [0.1, 0.15) is 0 Å². The molecule has 1 heterocycles. The van der Waals surface area contributed by atoms with E-state index in [1.54, 1.807) is 0 Å². The minimum Gasteiger partial charge on any atom is -0.267 e. The summed E-state index contributed by atoms with van der Waals surface area (Å²) in [6.07, 6.45) is 0. The molecule has 3 heteroatoms.